The highest BCUT2D eigenvalue weighted by Gasteiger charge is 2.31. The maximum Gasteiger partial charge on any atom is 0.220 e. The van der Waals surface area contributed by atoms with Gasteiger partial charge in [-0.2, -0.15) is 0 Å². The topological polar surface area (TPSA) is 49.3 Å². The van der Waals surface area contributed by atoms with Crippen molar-refractivity contribution >= 4 is 5.91 Å². The van der Waals surface area contributed by atoms with Gasteiger partial charge in [-0.3, -0.25) is 4.79 Å². The van der Waals surface area contributed by atoms with Crippen LogP contribution in [0.25, 0.3) is 0 Å². The monoisotopic (exact) mass is 233 g/mol. The van der Waals surface area contributed by atoms with E-state index in [0.29, 0.717) is 12.8 Å². The molecule has 0 fully saturated rings. The van der Waals surface area contributed by atoms with Crippen molar-refractivity contribution in [1.29, 1.82) is 0 Å². The molecule has 0 aliphatic heterocycles. The first-order valence-electron chi connectivity index (χ1n) is 6.27. The summed E-state index contributed by atoms with van der Waals surface area (Å²) >= 11 is 0. The van der Waals surface area contributed by atoms with Crippen molar-refractivity contribution in [2.24, 2.45) is 0 Å². The summed E-state index contributed by atoms with van der Waals surface area (Å²) in [7, 11) is 0. The van der Waals surface area contributed by atoms with E-state index in [1.165, 1.54) is 0 Å². The molecule has 0 heterocycles. The van der Waals surface area contributed by atoms with Crippen LogP contribution in [-0.2, 0) is 11.2 Å². The summed E-state index contributed by atoms with van der Waals surface area (Å²) in [4.78, 5) is 11.7. The van der Waals surface area contributed by atoms with E-state index >= 15 is 0 Å². The predicted molar refractivity (Wildman–Crippen MR) is 66.6 cm³/mol. The summed E-state index contributed by atoms with van der Waals surface area (Å²) in [6.45, 7) is 2.06. The Morgan fingerprint density at radius 3 is 3.00 bits per heavy atom. The molecule has 0 saturated heterocycles. The van der Waals surface area contributed by atoms with Gasteiger partial charge in [0.05, 0.1) is 12.1 Å². The molecule has 2 unspecified atom stereocenters. The second kappa shape index (κ2) is 5.32. The maximum absolute atomic E-state index is 11.7. The standard InChI is InChI=1S/C14H19NO2/c1-2-3-8-13(17)15-14-11-7-5-4-6-10(11)9-12(14)16/h4-7,12,14,16H,2-3,8-9H2,1H3,(H,15,17). The van der Waals surface area contributed by atoms with Crippen molar-refractivity contribution in [2.45, 2.75) is 44.8 Å². The molecule has 1 aromatic carbocycles. The van der Waals surface area contributed by atoms with E-state index in [1.807, 2.05) is 24.3 Å². The summed E-state index contributed by atoms with van der Waals surface area (Å²) in [5.74, 6) is 0.0348. The molecule has 2 N–H and O–H groups in total. The molecule has 1 aliphatic carbocycles. The fraction of sp³-hybridized carbons (Fsp3) is 0.500. The van der Waals surface area contributed by atoms with Gasteiger partial charge in [0, 0.05) is 12.8 Å². The first kappa shape index (κ1) is 12.1. The number of benzene rings is 1. The zero-order valence-corrected chi connectivity index (χ0v) is 10.1. The largest absolute Gasteiger partial charge is 0.390 e. The summed E-state index contributed by atoms with van der Waals surface area (Å²) < 4.78 is 0. The summed E-state index contributed by atoms with van der Waals surface area (Å²) in [6.07, 6.45) is 2.60. The predicted octanol–water partition coefficient (Wildman–Crippen LogP) is 1.95. The van der Waals surface area contributed by atoms with Crippen molar-refractivity contribution in [1.82, 2.24) is 5.32 Å². The third kappa shape index (κ3) is 2.67. The van der Waals surface area contributed by atoms with Gasteiger partial charge in [0.25, 0.3) is 0 Å². The molecular weight excluding hydrogens is 214 g/mol. The third-order valence-electron chi connectivity index (χ3n) is 3.28. The fourth-order valence-corrected chi connectivity index (χ4v) is 2.33. The molecule has 17 heavy (non-hydrogen) atoms. The Hall–Kier alpha value is -1.35. The molecule has 1 aromatic rings. The molecule has 0 radical (unpaired) electrons. The van der Waals surface area contributed by atoms with E-state index in [-0.39, 0.29) is 11.9 Å². The summed E-state index contributed by atoms with van der Waals surface area (Å²) in [5, 5.41) is 12.9. The lowest BCUT2D eigenvalue weighted by molar-refractivity contribution is -0.122. The molecule has 0 aromatic heterocycles. The van der Waals surface area contributed by atoms with Crippen LogP contribution in [0.2, 0.25) is 0 Å². The van der Waals surface area contributed by atoms with E-state index in [2.05, 4.69) is 12.2 Å². The van der Waals surface area contributed by atoms with Gasteiger partial charge >= 0.3 is 0 Å². The zero-order chi connectivity index (χ0) is 12.3. The van der Waals surface area contributed by atoms with Gasteiger partial charge in [-0.05, 0) is 17.5 Å². The highest BCUT2D eigenvalue weighted by Crippen LogP contribution is 2.31. The van der Waals surface area contributed by atoms with Crippen LogP contribution >= 0.6 is 0 Å². The number of fused-ring (bicyclic) bond motifs is 1. The Bertz CT molecular complexity index is 403. The molecule has 0 bridgehead atoms. The number of hydrogen-bond acceptors (Lipinski definition) is 2. The number of aliphatic hydroxyl groups excluding tert-OH is 1. The maximum atomic E-state index is 11.7. The van der Waals surface area contributed by atoms with Gasteiger partial charge in [0.2, 0.25) is 5.91 Å². The van der Waals surface area contributed by atoms with Crippen molar-refractivity contribution in [2.75, 3.05) is 0 Å². The molecule has 2 rings (SSSR count). The van der Waals surface area contributed by atoms with Crippen LogP contribution in [0.5, 0.6) is 0 Å². The molecular formula is C14H19NO2. The molecule has 3 nitrogen and oxygen atoms in total. The van der Waals surface area contributed by atoms with E-state index < -0.39 is 6.10 Å². The SMILES string of the molecule is CCCCC(=O)NC1c2ccccc2CC1O. The molecule has 92 valence electrons. The van der Waals surface area contributed by atoms with Gasteiger partial charge in [-0.1, -0.05) is 37.6 Å². The molecule has 0 saturated carbocycles. The van der Waals surface area contributed by atoms with Crippen LogP contribution in [-0.4, -0.2) is 17.1 Å². The average molecular weight is 233 g/mol. The number of rotatable bonds is 4. The minimum absolute atomic E-state index is 0.0348. The molecule has 0 spiro atoms. The van der Waals surface area contributed by atoms with E-state index in [0.717, 1.165) is 24.0 Å². The number of aliphatic hydroxyl groups is 1. The molecule has 1 aliphatic rings. The van der Waals surface area contributed by atoms with Crippen LogP contribution in [0, 0.1) is 0 Å². The van der Waals surface area contributed by atoms with Crippen molar-refractivity contribution in [3.05, 3.63) is 35.4 Å². The second-order valence-corrected chi connectivity index (χ2v) is 4.62. The lowest BCUT2D eigenvalue weighted by Gasteiger charge is -2.17. The van der Waals surface area contributed by atoms with Crippen molar-refractivity contribution in [3.8, 4) is 0 Å². The highest BCUT2D eigenvalue weighted by atomic mass is 16.3. The van der Waals surface area contributed by atoms with Gasteiger partial charge < -0.3 is 10.4 Å². The Morgan fingerprint density at radius 1 is 1.47 bits per heavy atom. The summed E-state index contributed by atoms with van der Waals surface area (Å²) in [5.41, 5.74) is 2.20. The lowest BCUT2D eigenvalue weighted by atomic mass is 10.1. The fourth-order valence-electron chi connectivity index (χ4n) is 2.33. The third-order valence-corrected chi connectivity index (χ3v) is 3.28. The lowest BCUT2D eigenvalue weighted by Crippen LogP contribution is -2.33. The zero-order valence-electron chi connectivity index (χ0n) is 10.1. The van der Waals surface area contributed by atoms with Crippen LogP contribution < -0.4 is 5.32 Å². The Labute approximate surface area is 102 Å². The van der Waals surface area contributed by atoms with Crippen molar-refractivity contribution in [3.63, 3.8) is 0 Å². The van der Waals surface area contributed by atoms with Crippen LogP contribution in [0.1, 0.15) is 43.4 Å². The van der Waals surface area contributed by atoms with Gasteiger partial charge in [0.1, 0.15) is 0 Å². The Kier molecular flexibility index (Phi) is 3.79. The van der Waals surface area contributed by atoms with Crippen molar-refractivity contribution < 1.29 is 9.90 Å². The van der Waals surface area contributed by atoms with Gasteiger partial charge in [-0.15, -0.1) is 0 Å². The molecule has 2 atom stereocenters. The summed E-state index contributed by atoms with van der Waals surface area (Å²) in [6, 6.07) is 7.68. The number of carbonyl (C=O) groups excluding carboxylic acids is 1. The second-order valence-electron chi connectivity index (χ2n) is 4.62. The quantitative estimate of drug-likeness (QED) is 0.835. The minimum atomic E-state index is -0.488. The number of unbranched alkanes of at least 4 members (excludes halogenated alkanes) is 1. The Morgan fingerprint density at radius 2 is 2.24 bits per heavy atom. The van der Waals surface area contributed by atoms with Crippen LogP contribution in [0.3, 0.4) is 0 Å². The Balaban J connectivity index is 2.04. The number of amides is 1. The van der Waals surface area contributed by atoms with E-state index in [1.54, 1.807) is 0 Å². The normalized spacial score (nSPS) is 22.2. The van der Waals surface area contributed by atoms with E-state index in [9.17, 15) is 9.90 Å². The number of nitrogens with one attached hydrogen (secondary N) is 1. The average Bonchev–Trinajstić information content (AvgIpc) is 2.64. The first-order valence-corrected chi connectivity index (χ1v) is 6.27. The van der Waals surface area contributed by atoms with Gasteiger partial charge in [0.15, 0.2) is 0 Å². The van der Waals surface area contributed by atoms with E-state index in [4.69, 9.17) is 0 Å². The first-order chi connectivity index (χ1) is 8.22. The molecule has 3 heteroatoms. The van der Waals surface area contributed by atoms with Crippen LogP contribution in [0.15, 0.2) is 24.3 Å². The highest BCUT2D eigenvalue weighted by molar-refractivity contribution is 5.76. The minimum Gasteiger partial charge on any atom is -0.390 e. The molecule has 1 amide bonds. The van der Waals surface area contributed by atoms with Crippen LogP contribution in [0.4, 0.5) is 0 Å². The van der Waals surface area contributed by atoms with Gasteiger partial charge in [-0.25, -0.2) is 0 Å². The number of hydrogen-bond donors (Lipinski definition) is 2. The number of carbonyl (C=O) groups is 1. The smallest absolute Gasteiger partial charge is 0.220 e.